The zero-order valence-corrected chi connectivity index (χ0v) is 35.8. The van der Waals surface area contributed by atoms with Crippen molar-refractivity contribution >= 4 is 56.8 Å². The van der Waals surface area contributed by atoms with Crippen molar-refractivity contribution in [1.82, 2.24) is 19.9 Å². The second kappa shape index (κ2) is 24.8. The van der Waals surface area contributed by atoms with Crippen LogP contribution in [0.3, 0.4) is 0 Å². The van der Waals surface area contributed by atoms with Crippen molar-refractivity contribution in [1.29, 1.82) is 0 Å². The van der Waals surface area contributed by atoms with E-state index in [0.29, 0.717) is 69.9 Å². The average molecular weight is 870 g/mol. The van der Waals surface area contributed by atoms with Gasteiger partial charge < -0.3 is 19.7 Å². The van der Waals surface area contributed by atoms with E-state index in [9.17, 15) is 19.8 Å². The van der Waals surface area contributed by atoms with Crippen LogP contribution in [0.4, 0.5) is 23.0 Å². The zero-order valence-electron chi connectivity index (χ0n) is 34.8. The molecular formula is C46H50N8NiO6-2. The summed E-state index contributed by atoms with van der Waals surface area (Å²) in [5.74, 6) is 0.165. The molecule has 0 saturated carbocycles. The van der Waals surface area contributed by atoms with Crippen molar-refractivity contribution in [2.75, 3.05) is 13.2 Å². The van der Waals surface area contributed by atoms with Gasteiger partial charge in [0, 0.05) is 41.3 Å². The van der Waals surface area contributed by atoms with Gasteiger partial charge >= 0.3 is 11.9 Å². The Morgan fingerprint density at radius 1 is 0.590 bits per heavy atom. The summed E-state index contributed by atoms with van der Waals surface area (Å²) < 4.78 is 10.9. The Morgan fingerprint density at radius 3 is 1.38 bits per heavy atom. The van der Waals surface area contributed by atoms with Crippen LogP contribution < -0.4 is 10.2 Å². The van der Waals surface area contributed by atoms with Crippen LogP contribution in [0.5, 0.6) is 11.5 Å². The van der Waals surface area contributed by atoms with Gasteiger partial charge in [0.25, 0.3) is 0 Å². The number of esters is 2. The fourth-order valence-corrected chi connectivity index (χ4v) is 6.13. The van der Waals surface area contributed by atoms with Gasteiger partial charge in [-0.15, -0.1) is 20.5 Å². The zero-order chi connectivity index (χ0) is 42.7. The number of pyridine rings is 4. The summed E-state index contributed by atoms with van der Waals surface area (Å²) in [7, 11) is 0. The largest absolute Gasteiger partial charge is 0.872 e. The van der Waals surface area contributed by atoms with Crippen molar-refractivity contribution in [2.24, 2.45) is 32.3 Å². The smallest absolute Gasteiger partial charge is 0.339 e. The molecule has 61 heavy (non-hydrogen) atoms. The Morgan fingerprint density at radius 2 is 1.02 bits per heavy atom. The number of fused-ring (bicyclic) bond motifs is 2. The number of ether oxygens (including phenoxy) is 2. The van der Waals surface area contributed by atoms with Gasteiger partial charge in [-0.3, -0.25) is 9.97 Å². The molecule has 0 saturated heterocycles. The SMILES string of the molecule is CCCCC(CC)COC(=O)c1cnc2c(N=Nc3ccccn3)ccc([O-])c2c1.CCCCC(CC)COC(=O)c1cnc2c(N=Nc3ccccn3)ccc([O-])c2c1.[Ni]. The van der Waals surface area contributed by atoms with Gasteiger partial charge in [0.1, 0.15) is 11.4 Å². The molecule has 0 N–H and O–H groups in total. The van der Waals surface area contributed by atoms with Crippen LogP contribution in [0.2, 0.25) is 0 Å². The molecular weight excluding hydrogens is 819 g/mol. The Labute approximate surface area is 365 Å². The minimum absolute atomic E-state index is 0. The van der Waals surface area contributed by atoms with E-state index in [-0.39, 0.29) is 39.1 Å². The quantitative estimate of drug-likeness (QED) is 0.0454. The average Bonchev–Trinajstić information content (AvgIpc) is 3.29. The number of carbonyl (C=O) groups is 2. The van der Waals surface area contributed by atoms with Crippen LogP contribution in [0.25, 0.3) is 21.8 Å². The second-order valence-electron chi connectivity index (χ2n) is 14.2. The van der Waals surface area contributed by atoms with Gasteiger partial charge in [0.05, 0.1) is 35.4 Å². The second-order valence-corrected chi connectivity index (χ2v) is 14.2. The number of benzene rings is 2. The van der Waals surface area contributed by atoms with Gasteiger partial charge in [-0.25, -0.2) is 19.6 Å². The molecule has 2 unspecified atom stereocenters. The number of nitrogens with zero attached hydrogens (tertiary/aromatic N) is 8. The predicted octanol–water partition coefficient (Wildman–Crippen LogP) is 11.0. The number of hydrogen-bond donors (Lipinski definition) is 0. The fraction of sp³-hybridized carbons (Fsp3) is 0.348. The minimum Gasteiger partial charge on any atom is -0.872 e. The van der Waals surface area contributed by atoms with Gasteiger partial charge in [0.2, 0.25) is 0 Å². The van der Waals surface area contributed by atoms with Crippen LogP contribution in [-0.4, -0.2) is 45.1 Å². The fourth-order valence-electron chi connectivity index (χ4n) is 6.13. The molecule has 6 rings (SSSR count). The molecule has 4 aromatic heterocycles. The molecule has 4 heterocycles. The molecule has 0 aliphatic carbocycles. The van der Waals surface area contributed by atoms with Gasteiger partial charge in [-0.1, -0.05) is 102 Å². The van der Waals surface area contributed by atoms with Crippen LogP contribution in [0.1, 0.15) is 99.8 Å². The van der Waals surface area contributed by atoms with Crippen LogP contribution in [-0.2, 0) is 26.0 Å². The van der Waals surface area contributed by atoms with Crippen molar-refractivity contribution in [3.05, 3.63) is 109 Å². The summed E-state index contributed by atoms with van der Waals surface area (Å²) in [5, 5.41) is 41.8. The summed E-state index contributed by atoms with van der Waals surface area (Å²) in [6, 6.07) is 19.6. The van der Waals surface area contributed by atoms with E-state index < -0.39 is 11.9 Å². The molecule has 0 aliphatic rings. The van der Waals surface area contributed by atoms with Crippen molar-refractivity contribution < 1.29 is 45.8 Å². The minimum atomic E-state index is -0.473. The monoisotopic (exact) mass is 868 g/mol. The third kappa shape index (κ3) is 13.9. The van der Waals surface area contributed by atoms with Gasteiger partial charge in [0.15, 0.2) is 11.6 Å². The van der Waals surface area contributed by atoms with Crippen LogP contribution in [0, 0.1) is 11.8 Å². The molecule has 0 aliphatic heterocycles. The number of aromatic nitrogens is 4. The maximum atomic E-state index is 12.5. The summed E-state index contributed by atoms with van der Waals surface area (Å²) in [6.07, 6.45) is 14.5. The molecule has 15 heteroatoms. The Bertz CT molecular complexity index is 2220. The Hall–Kier alpha value is -6.21. The van der Waals surface area contributed by atoms with Gasteiger partial charge in [-0.2, -0.15) is 0 Å². The van der Waals surface area contributed by atoms with E-state index >= 15 is 0 Å². The molecule has 0 spiro atoms. The number of carbonyl (C=O) groups excluding carboxylic acids is 2. The van der Waals surface area contributed by atoms with E-state index in [2.05, 4.69) is 68.1 Å². The molecule has 2 atom stereocenters. The molecule has 14 nitrogen and oxygen atoms in total. The number of azo groups is 2. The number of rotatable bonds is 18. The Balaban J connectivity index is 0.000000264. The Kier molecular flexibility index (Phi) is 19.3. The van der Waals surface area contributed by atoms with E-state index in [0.717, 1.165) is 51.4 Å². The standard InChI is InChI=1S/2C23H26N4O3.Ni/c2*1-3-5-8-16(4-2)15-30-23(29)17-13-18-20(28)11-10-19(22(18)25-14-17)26-27-21-9-6-7-12-24-21;/h2*6-7,9-14,16,28H,3-5,8,15H2,1-2H3;/p-2. The van der Waals surface area contributed by atoms with Crippen LogP contribution in [0.15, 0.2) is 118 Å². The van der Waals surface area contributed by atoms with E-state index in [1.54, 1.807) is 48.8 Å². The molecule has 0 radical (unpaired) electrons. The van der Waals surface area contributed by atoms with Crippen LogP contribution >= 0.6 is 0 Å². The van der Waals surface area contributed by atoms with E-state index in [1.807, 2.05) is 12.1 Å². The normalized spacial score (nSPS) is 12.1. The summed E-state index contributed by atoms with van der Waals surface area (Å²) in [6.45, 7) is 9.22. The summed E-state index contributed by atoms with van der Waals surface area (Å²) in [4.78, 5) is 41.7. The number of hydrogen-bond acceptors (Lipinski definition) is 14. The third-order valence-corrected chi connectivity index (χ3v) is 9.85. The maximum absolute atomic E-state index is 12.5. The first-order valence-electron chi connectivity index (χ1n) is 20.4. The van der Waals surface area contributed by atoms with Gasteiger partial charge in [-0.05, 0) is 84.0 Å². The molecule has 322 valence electrons. The first kappa shape index (κ1) is 47.5. The topological polar surface area (TPSA) is 200 Å². The van der Waals surface area contributed by atoms with E-state index in [1.165, 1.54) is 36.7 Å². The first-order valence-corrected chi connectivity index (χ1v) is 20.4. The summed E-state index contributed by atoms with van der Waals surface area (Å²) in [5.41, 5.74) is 2.13. The number of unbranched alkanes of at least 4 members (excludes halogenated alkanes) is 2. The van der Waals surface area contributed by atoms with Crippen molar-refractivity contribution in [2.45, 2.75) is 79.1 Å². The molecule has 0 amide bonds. The van der Waals surface area contributed by atoms with Crippen molar-refractivity contribution in [3.63, 3.8) is 0 Å². The third-order valence-electron chi connectivity index (χ3n) is 9.85. The molecule has 6 aromatic rings. The molecule has 2 aromatic carbocycles. The summed E-state index contributed by atoms with van der Waals surface area (Å²) >= 11 is 0. The van der Waals surface area contributed by atoms with Crippen molar-refractivity contribution in [3.8, 4) is 11.5 Å². The predicted molar refractivity (Wildman–Crippen MR) is 226 cm³/mol. The molecule has 0 fully saturated rings. The maximum Gasteiger partial charge on any atom is 0.339 e. The molecule has 0 bridgehead atoms. The van der Waals surface area contributed by atoms with E-state index in [4.69, 9.17) is 9.47 Å². The first-order chi connectivity index (χ1) is 29.2.